The summed E-state index contributed by atoms with van der Waals surface area (Å²) in [5, 5.41) is 0. The Morgan fingerprint density at radius 1 is 0.282 bits per heavy atom. The smallest absolute Gasteiger partial charge is 0.306 e. The highest BCUT2D eigenvalue weighted by molar-refractivity contribution is 5.71. The number of ether oxygens (including phenoxy) is 3. The zero-order valence-corrected chi connectivity index (χ0v) is 47.2. The number of unbranched alkanes of at least 4 members (excludes halogenated alkanes) is 35. The van der Waals surface area contributed by atoms with Crippen LogP contribution in [0.1, 0.15) is 316 Å². The van der Waals surface area contributed by atoms with Gasteiger partial charge in [0.2, 0.25) is 0 Å². The monoisotopic (exact) mass is 993 g/mol. The molecule has 0 amide bonds. The number of allylic oxidation sites excluding steroid dienone is 10. The molecule has 0 bridgehead atoms. The van der Waals surface area contributed by atoms with Crippen LogP contribution in [0.25, 0.3) is 0 Å². The number of carbonyl (C=O) groups is 3. The number of carbonyl (C=O) groups excluding carboxylic acids is 3. The SMILES string of the molecule is CCCCC/C=C\C/C=C\C/C=C\CCCCCCCCC(=O)OC(COC(=O)CCCCCCC)COC(=O)CCCCCCCCCCCCCCCCCCC/C=C\C/C=C\CCCCCCC. The maximum atomic E-state index is 12.8. The van der Waals surface area contributed by atoms with E-state index in [1.807, 2.05) is 0 Å². The summed E-state index contributed by atoms with van der Waals surface area (Å²) in [6, 6.07) is 0. The van der Waals surface area contributed by atoms with E-state index in [0.29, 0.717) is 19.3 Å². The van der Waals surface area contributed by atoms with Crippen molar-refractivity contribution in [2.24, 2.45) is 0 Å². The van der Waals surface area contributed by atoms with Crippen molar-refractivity contribution in [3.05, 3.63) is 60.8 Å². The van der Waals surface area contributed by atoms with E-state index >= 15 is 0 Å². The van der Waals surface area contributed by atoms with Crippen LogP contribution in [0, 0.1) is 0 Å². The lowest BCUT2D eigenvalue weighted by Gasteiger charge is -2.18. The van der Waals surface area contributed by atoms with Crippen molar-refractivity contribution in [2.75, 3.05) is 13.2 Å². The van der Waals surface area contributed by atoms with E-state index in [2.05, 4.69) is 81.5 Å². The molecule has 71 heavy (non-hydrogen) atoms. The van der Waals surface area contributed by atoms with E-state index in [1.165, 1.54) is 180 Å². The first-order valence-corrected chi connectivity index (χ1v) is 30.8. The van der Waals surface area contributed by atoms with E-state index in [9.17, 15) is 14.4 Å². The van der Waals surface area contributed by atoms with Gasteiger partial charge in [-0.1, -0.05) is 268 Å². The van der Waals surface area contributed by atoms with Gasteiger partial charge in [0, 0.05) is 19.3 Å². The molecular formula is C65H116O6. The molecule has 6 heteroatoms. The molecule has 0 aromatic heterocycles. The lowest BCUT2D eigenvalue weighted by molar-refractivity contribution is -0.167. The molecule has 0 aliphatic rings. The van der Waals surface area contributed by atoms with Crippen molar-refractivity contribution in [1.29, 1.82) is 0 Å². The first-order chi connectivity index (χ1) is 35.0. The highest BCUT2D eigenvalue weighted by atomic mass is 16.6. The largest absolute Gasteiger partial charge is 0.462 e. The number of rotatable bonds is 56. The van der Waals surface area contributed by atoms with Crippen molar-refractivity contribution < 1.29 is 28.6 Å². The summed E-state index contributed by atoms with van der Waals surface area (Å²) in [6.07, 6.45) is 75.6. The fraction of sp³-hybridized carbons (Fsp3) is 0.800. The van der Waals surface area contributed by atoms with Crippen LogP contribution in [-0.2, 0) is 28.6 Å². The van der Waals surface area contributed by atoms with Gasteiger partial charge in [-0.15, -0.1) is 0 Å². The summed E-state index contributed by atoms with van der Waals surface area (Å²) in [4.78, 5) is 37.8. The summed E-state index contributed by atoms with van der Waals surface area (Å²) in [6.45, 7) is 6.54. The quantitative estimate of drug-likeness (QED) is 0.0261. The zero-order valence-electron chi connectivity index (χ0n) is 47.2. The molecule has 1 atom stereocenters. The zero-order chi connectivity index (χ0) is 51.4. The molecule has 0 saturated heterocycles. The Bertz CT molecular complexity index is 1280. The molecule has 0 spiro atoms. The lowest BCUT2D eigenvalue weighted by Crippen LogP contribution is -2.30. The third kappa shape index (κ3) is 57.9. The van der Waals surface area contributed by atoms with E-state index < -0.39 is 6.10 Å². The van der Waals surface area contributed by atoms with E-state index in [4.69, 9.17) is 14.2 Å². The predicted molar refractivity (Wildman–Crippen MR) is 307 cm³/mol. The molecule has 0 heterocycles. The van der Waals surface area contributed by atoms with Gasteiger partial charge >= 0.3 is 17.9 Å². The van der Waals surface area contributed by atoms with Crippen molar-refractivity contribution in [3.63, 3.8) is 0 Å². The predicted octanol–water partition coefficient (Wildman–Crippen LogP) is 20.8. The second-order valence-electron chi connectivity index (χ2n) is 20.6. The van der Waals surface area contributed by atoms with Gasteiger partial charge in [-0.05, 0) is 89.9 Å². The average molecular weight is 994 g/mol. The Hall–Kier alpha value is -2.89. The Morgan fingerprint density at radius 3 is 0.817 bits per heavy atom. The number of esters is 3. The fourth-order valence-electron chi connectivity index (χ4n) is 8.83. The Balaban J connectivity index is 4.01. The molecule has 0 rings (SSSR count). The molecule has 412 valence electrons. The van der Waals surface area contributed by atoms with Crippen LogP contribution in [-0.4, -0.2) is 37.2 Å². The molecule has 0 aromatic carbocycles. The van der Waals surface area contributed by atoms with Gasteiger partial charge in [0.25, 0.3) is 0 Å². The summed E-state index contributed by atoms with van der Waals surface area (Å²) in [5.74, 6) is -0.893. The summed E-state index contributed by atoms with van der Waals surface area (Å²) >= 11 is 0. The fourth-order valence-corrected chi connectivity index (χ4v) is 8.83. The second-order valence-corrected chi connectivity index (χ2v) is 20.6. The number of hydrogen-bond acceptors (Lipinski definition) is 6. The third-order valence-corrected chi connectivity index (χ3v) is 13.5. The van der Waals surface area contributed by atoms with Crippen LogP contribution in [0.15, 0.2) is 60.8 Å². The highest BCUT2D eigenvalue weighted by Gasteiger charge is 2.19. The molecule has 0 N–H and O–H groups in total. The molecule has 0 radical (unpaired) electrons. The first kappa shape index (κ1) is 68.1. The van der Waals surface area contributed by atoms with Crippen molar-refractivity contribution >= 4 is 17.9 Å². The minimum atomic E-state index is -0.776. The maximum absolute atomic E-state index is 12.8. The van der Waals surface area contributed by atoms with Crippen LogP contribution < -0.4 is 0 Å². The molecule has 0 aromatic rings. The summed E-state index contributed by atoms with van der Waals surface area (Å²) < 4.78 is 16.7. The standard InChI is InChI=1S/C65H116O6/c1-4-7-10-13-15-17-19-21-23-25-27-28-29-30-31-32-33-34-35-36-38-39-41-43-45-47-49-52-55-58-64(67)70-61-62(60-69-63(66)57-54-51-12-9-6-3)71-65(68)59-56-53-50-48-46-44-42-40-37-26-24-22-20-18-16-14-11-8-5-2/h16,18-19,21-22,24-25,27,37,40,62H,4-15,17,20,23,26,28-36,38-39,41-61H2,1-3H3/b18-16-,21-19-,24-22-,27-25-,40-37-. The molecule has 0 aliphatic heterocycles. The van der Waals surface area contributed by atoms with Crippen molar-refractivity contribution in [3.8, 4) is 0 Å². The first-order valence-electron chi connectivity index (χ1n) is 30.8. The van der Waals surface area contributed by atoms with Gasteiger partial charge in [0.1, 0.15) is 13.2 Å². The maximum Gasteiger partial charge on any atom is 0.306 e. The van der Waals surface area contributed by atoms with Gasteiger partial charge in [0.15, 0.2) is 6.10 Å². The minimum absolute atomic E-state index is 0.0775. The van der Waals surface area contributed by atoms with Crippen LogP contribution >= 0.6 is 0 Å². The van der Waals surface area contributed by atoms with Crippen molar-refractivity contribution in [1.82, 2.24) is 0 Å². The van der Waals surface area contributed by atoms with Gasteiger partial charge in [0.05, 0.1) is 0 Å². The van der Waals surface area contributed by atoms with E-state index in [1.54, 1.807) is 0 Å². The van der Waals surface area contributed by atoms with E-state index in [0.717, 1.165) is 96.3 Å². The van der Waals surface area contributed by atoms with Crippen LogP contribution in [0.5, 0.6) is 0 Å². The summed E-state index contributed by atoms with van der Waals surface area (Å²) in [5.41, 5.74) is 0. The number of hydrogen-bond donors (Lipinski definition) is 0. The molecule has 0 saturated carbocycles. The molecule has 0 aliphatic carbocycles. The van der Waals surface area contributed by atoms with Gasteiger partial charge in [-0.2, -0.15) is 0 Å². The van der Waals surface area contributed by atoms with Crippen LogP contribution in [0.3, 0.4) is 0 Å². The average Bonchev–Trinajstić information content (AvgIpc) is 3.37. The molecule has 1 unspecified atom stereocenters. The molecule has 0 fully saturated rings. The minimum Gasteiger partial charge on any atom is -0.462 e. The Kier molecular flexibility index (Phi) is 57.2. The topological polar surface area (TPSA) is 78.9 Å². The third-order valence-electron chi connectivity index (χ3n) is 13.5. The summed E-state index contributed by atoms with van der Waals surface area (Å²) in [7, 11) is 0. The van der Waals surface area contributed by atoms with Crippen molar-refractivity contribution in [2.45, 2.75) is 322 Å². The van der Waals surface area contributed by atoms with Gasteiger partial charge in [-0.3, -0.25) is 14.4 Å². The van der Waals surface area contributed by atoms with Gasteiger partial charge < -0.3 is 14.2 Å². The highest BCUT2D eigenvalue weighted by Crippen LogP contribution is 2.16. The van der Waals surface area contributed by atoms with Gasteiger partial charge in [-0.25, -0.2) is 0 Å². The lowest BCUT2D eigenvalue weighted by atomic mass is 10.0. The molecule has 6 nitrogen and oxygen atoms in total. The normalized spacial score (nSPS) is 12.4. The van der Waals surface area contributed by atoms with Crippen LogP contribution in [0.4, 0.5) is 0 Å². The Labute approximate surface area is 440 Å². The molecular weight excluding hydrogens is 877 g/mol. The van der Waals surface area contributed by atoms with E-state index in [-0.39, 0.29) is 31.1 Å². The second kappa shape index (κ2) is 59.7. The van der Waals surface area contributed by atoms with Crippen LogP contribution in [0.2, 0.25) is 0 Å². The Morgan fingerprint density at radius 2 is 0.507 bits per heavy atom.